The average Bonchev–Trinajstić information content (AvgIpc) is 2.37. The summed E-state index contributed by atoms with van der Waals surface area (Å²) < 4.78 is 0. The molecule has 5 heteroatoms. The maximum absolute atomic E-state index is 11.8. The van der Waals surface area contributed by atoms with Crippen LogP contribution in [0.5, 0.6) is 0 Å². The summed E-state index contributed by atoms with van der Waals surface area (Å²) in [4.78, 5) is 24.3. The Hall–Kier alpha value is -1.49. The van der Waals surface area contributed by atoms with Gasteiger partial charge in [-0.05, 0) is 44.4 Å². The molecule has 19 heavy (non-hydrogen) atoms. The lowest BCUT2D eigenvalue weighted by Gasteiger charge is -2.09. The normalized spacial score (nSPS) is 10.3. The van der Waals surface area contributed by atoms with Crippen LogP contribution in [-0.2, 0) is 4.79 Å². The molecular formula is C14H20N2O2S. The molecule has 0 atom stereocenters. The molecule has 4 nitrogen and oxygen atoms in total. The summed E-state index contributed by atoms with van der Waals surface area (Å²) in [7, 11) is 0. The lowest BCUT2D eigenvalue weighted by Crippen LogP contribution is -2.34. The standard InChI is InChI=1S/C14H20N2O2S/c1-10(2)16-13(17)8-9-15-14(18)11-4-6-12(19-3)7-5-11/h4-7,10H,8-9H2,1-3H3,(H,15,18)(H,16,17). The van der Waals surface area contributed by atoms with Crippen LogP contribution in [0.2, 0.25) is 0 Å². The van der Waals surface area contributed by atoms with Crippen molar-refractivity contribution in [2.24, 2.45) is 0 Å². The minimum Gasteiger partial charge on any atom is -0.354 e. The maximum atomic E-state index is 11.8. The van der Waals surface area contributed by atoms with E-state index in [1.807, 2.05) is 32.2 Å². The number of hydrogen-bond donors (Lipinski definition) is 2. The Bertz CT molecular complexity index is 430. The SMILES string of the molecule is CSc1ccc(C(=O)NCCC(=O)NC(C)C)cc1. The number of thioether (sulfide) groups is 1. The van der Waals surface area contributed by atoms with E-state index in [9.17, 15) is 9.59 Å². The van der Waals surface area contributed by atoms with E-state index in [0.29, 0.717) is 18.5 Å². The molecule has 0 unspecified atom stereocenters. The van der Waals surface area contributed by atoms with Crippen LogP contribution in [0, 0.1) is 0 Å². The van der Waals surface area contributed by atoms with Crippen LogP contribution in [0.25, 0.3) is 0 Å². The summed E-state index contributed by atoms with van der Waals surface area (Å²) in [6.07, 6.45) is 2.29. The van der Waals surface area contributed by atoms with Crippen molar-refractivity contribution in [3.8, 4) is 0 Å². The van der Waals surface area contributed by atoms with E-state index in [0.717, 1.165) is 4.90 Å². The van der Waals surface area contributed by atoms with Crippen molar-refractivity contribution in [2.45, 2.75) is 31.2 Å². The quantitative estimate of drug-likeness (QED) is 0.784. The molecule has 1 aromatic carbocycles. The maximum Gasteiger partial charge on any atom is 0.251 e. The Labute approximate surface area is 118 Å². The Kier molecular flexibility index (Phi) is 6.42. The van der Waals surface area contributed by atoms with Gasteiger partial charge in [0.25, 0.3) is 5.91 Å². The zero-order valence-corrected chi connectivity index (χ0v) is 12.3. The molecule has 0 bridgehead atoms. The first-order valence-corrected chi connectivity index (χ1v) is 7.47. The fourth-order valence-electron chi connectivity index (χ4n) is 1.53. The van der Waals surface area contributed by atoms with Gasteiger partial charge in [0.05, 0.1) is 0 Å². The third-order valence-electron chi connectivity index (χ3n) is 2.44. The average molecular weight is 280 g/mol. The minimum absolute atomic E-state index is 0.0481. The number of rotatable bonds is 6. The Morgan fingerprint density at radius 2 is 1.84 bits per heavy atom. The lowest BCUT2D eigenvalue weighted by molar-refractivity contribution is -0.121. The van der Waals surface area contributed by atoms with Gasteiger partial charge in [0.1, 0.15) is 0 Å². The molecule has 0 aliphatic carbocycles. The Balaban J connectivity index is 2.36. The molecule has 2 N–H and O–H groups in total. The molecule has 1 aromatic rings. The number of carbonyl (C=O) groups is 2. The van der Waals surface area contributed by atoms with Crippen molar-refractivity contribution in [3.63, 3.8) is 0 Å². The van der Waals surface area contributed by atoms with Gasteiger partial charge in [0.15, 0.2) is 0 Å². The Morgan fingerprint density at radius 3 is 2.37 bits per heavy atom. The van der Waals surface area contributed by atoms with E-state index >= 15 is 0 Å². The predicted molar refractivity (Wildman–Crippen MR) is 78.5 cm³/mol. The largest absolute Gasteiger partial charge is 0.354 e. The van der Waals surface area contributed by atoms with Crippen LogP contribution in [0.3, 0.4) is 0 Å². The van der Waals surface area contributed by atoms with Crippen molar-refractivity contribution in [3.05, 3.63) is 29.8 Å². The highest BCUT2D eigenvalue weighted by molar-refractivity contribution is 7.98. The van der Waals surface area contributed by atoms with Gasteiger partial charge in [-0.25, -0.2) is 0 Å². The van der Waals surface area contributed by atoms with Crippen molar-refractivity contribution < 1.29 is 9.59 Å². The van der Waals surface area contributed by atoms with E-state index in [-0.39, 0.29) is 17.9 Å². The van der Waals surface area contributed by atoms with Gasteiger partial charge in [-0.2, -0.15) is 0 Å². The third kappa shape index (κ3) is 5.79. The predicted octanol–water partition coefficient (Wildman–Crippen LogP) is 2.05. The Morgan fingerprint density at radius 1 is 1.21 bits per heavy atom. The highest BCUT2D eigenvalue weighted by Crippen LogP contribution is 2.14. The molecule has 0 aliphatic heterocycles. The molecule has 0 saturated carbocycles. The number of nitrogens with one attached hydrogen (secondary N) is 2. The molecule has 0 fully saturated rings. The van der Waals surface area contributed by atoms with E-state index in [4.69, 9.17) is 0 Å². The second kappa shape index (κ2) is 7.84. The molecule has 0 aromatic heterocycles. The monoisotopic (exact) mass is 280 g/mol. The van der Waals surface area contributed by atoms with Crippen molar-refractivity contribution in [1.29, 1.82) is 0 Å². The second-order valence-corrected chi connectivity index (χ2v) is 5.34. The molecule has 2 amide bonds. The van der Waals surface area contributed by atoms with Gasteiger partial charge in [0.2, 0.25) is 5.91 Å². The summed E-state index contributed by atoms with van der Waals surface area (Å²) >= 11 is 1.63. The van der Waals surface area contributed by atoms with Gasteiger partial charge in [-0.1, -0.05) is 0 Å². The summed E-state index contributed by atoms with van der Waals surface area (Å²) in [5.74, 6) is -0.196. The number of hydrogen-bond acceptors (Lipinski definition) is 3. The first-order valence-electron chi connectivity index (χ1n) is 6.24. The zero-order chi connectivity index (χ0) is 14.3. The zero-order valence-electron chi connectivity index (χ0n) is 11.5. The summed E-state index contributed by atoms with van der Waals surface area (Å²) in [6, 6.07) is 7.52. The number of benzene rings is 1. The highest BCUT2D eigenvalue weighted by atomic mass is 32.2. The number of carbonyl (C=O) groups excluding carboxylic acids is 2. The fraction of sp³-hybridized carbons (Fsp3) is 0.429. The third-order valence-corrected chi connectivity index (χ3v) is 3.18. The lowest BCUT2D eigenvalue weighted by atomic mass is 10.2. The molecule has 0 spiro atoms. The van der Waals surface area contributed by atoms with Gasteiger partial charge in [-0.3, -0.25) is 9.59 Å². The molecule has 104 valence electrons. The molecular weight excluding hydrogens is 260 g/mol. The molecule has 0 heterocycles. The number of amides is 2. The van der Waals surface area contributed by atoms with Crippen LogP contribution in [0.15, 0.2) is 29.2 Å². The van der Waals surface area contributed by atoms with Crippen LogP contribution >= 0.6 is 11.8 Å². The first-order chi connectivity index (χ1) is 9.02. The van der Waals surface area contributed by atoms with E-state index in [2.05, 4.69) is 10.6 Å². The van der Waals surface area contributed by atoms with Gasteiger partial charge in [0, 0.05) is 29.5 Å². The first kappa shape index (κ1) is 15.6. The van der Waals surface area contributed by atoms with Crippen molar-refractivity contribution in [2.75, 3.05) is 12.8 Å². The molecule has 1 rings (SSSR count). The highest BCUT2D eigenvalue weighted by Gasteiger charge is 2.07. The summed E-state index contributed by atoms with van der Waals surface area (Å²) in [5, 5.41) is 5.51. The van der Waals surface area contributed by atoms with E-state index in [1.54, 1.807) is 23.9 Å². The summed E-state index contributed by atoms with van der Waals surface area (Å²) in [5.41, 5.74) is 0.613. The molecule has 0 saturated heterocycles. The molecule has 0 radical (unpaired) electrons. The van der Waals surface area contributed by atoms with E-state index in [1.165, 1.54) is 0 Å². The van der Waals surface area contributed by atoms with Gasteiger partial charge < -0.3 is 10.6 Å². The fourth-order valence-corrected chi connectivity index (χ4v) is 1.94. The van der Waals surface area contributed by atoms with Crippen LogP contribution in [0.4, 0.5) is 0 Å². The van der Waals surface area contributed by atoms with Crippen LogP contribution in [-0.4, -0.2) is 30.7 Å². The minimum atomic E-state index is -0.148. The smallest absolute Gasteiger partial charge is 0.251 e. The topological polar surface area (TPSA) is 58.2 Å². The van der Waals surface area contributed by atoms with Crippen molar-refractivity contribution in [1.82, 2.24) is 10.6 Å². The van der Waals surface area contributed by atoms with Crippen molar-refractivity contribution >= 4 is 23.6 Å². The van der Waals surface area contributed by atoms with Gasteiger partial charge >= 0.3 is 0 Å². The van der Waals surface area contributed by atoms with Crippen LogP contribution < -0.4 is 10.6 Å². The molecule has 0 aliphatic rings. The van der Waals surface area contributed by atoms with Crippen LogP contribution in [0.1, 0.15) is 30.6 Å². The van der Waals surface area contributed by atoms with E-state index < -0.39 is 0 Å². The van der Waals surface area contributed by atoms with Gasteiger partial charge in [-0.15, -0.1) is 11.8 Å². The summed E-state index contributed by atoms with van der Waals surface area (Å²) in [6.45, 7) is 4.16. The second-order valence-electron chi connectivity index (χ2n) is 4.46.